The summed E-state index contributed by atoms with van der Waals surface area (Å²) < 4.78 is 1.54. The first kappa shape index (κ1) is 24.7. The number of pyridine rings is 2. The summed E-state index contributed by atoms with van der Waals surface area (Å²) in [5.74, 6) is -0.590. The summed E-state index contributed by atoms with van der Waals surface area (Å²) in [4.78, 5) is 44.1. The average Bonchev–Trinajstić information content (AvgIpc) is 3.63. The van der Waals surface area contributed by atoms with Crippen LogP contribution in [0.2, 0.25) is 0 Å². The van der Waals surface area contributed by atoms with Gasteiger partial charge in [-0.15, -0.1) is 5.10 Å². The predicted octanol–water partition coefficient (Wildman–Crippen LogP) is 3.27. The second-order valence-corrected chi connectivity index (χ2v) is 10.1. The smallest absolute Gasteiger partial charge is 0.278 e. The van der Waals surface area contributed by atoms with Crippen molar-refractivity contribution in [1.29, 1.82) is 0 Å². The maximum atomic E-state index is 13.2. The highest BCUT2D eigenvalue weighted by atomic mass is 16.2. The van der Waals surface area contributed by atoms with Gasteiger partial charge in [-0.1, -0.05) is 29.5 Å². The van der Waals surface area contributed by atoms with E-state index in [0.717, 1.165) is 41.8 Å². The molecular formula is C28H28N8O3. The lowest BCUT2D eigenvalue weighted by Gasteiger charge is -2.20. The maximum Gasteiger partial charge on any atom is 0.278 e. The molecule has 0 bridgehead atoms. The third kappa shape index (κ3) is 4.84. The van der Waals surface area contributed by atoms with Crippen molar-refractivity contribution in [2.24, 2.45) is 0 Å². The van der Waals surface area contributed by atoms with Crippen LogP contribution in [0, 0.1) is 6.92 Å². The van der Waals surface area contributed by atoms with Crippen LogP contribution in [0.15, 0.2) is 48.8 Å². The number of anilines is 3. The number of aromatic nitrogens is 4. The number of nitrogens with one attached hydrogen (secondary N) is 3. The van der Waals surface area contributed by atoms with Gasteiger partial charge in [-0.25, -0.2) is 4.52 Å². The van der Waals surface area contributed by atoms with Crippen LogP contribution in [0.1, 0.15) is 41.5 Å². The van der Waals surface area contributed by atoms with Gasteiger partial charge < -0.3 is 16.0 Å². The lowest BCUT2D eigenvalue weighted by molar-refractivity contribution is -0.117. The number of carbonyl (C=O) groups is 3. The summed E-state index contributed by atoms with van der Waals surface area (Å²) in [6.45, 7) is 5.15. The number of nitrogens with zero attached hydrogens (tertiary/aromatic N) is 5. The number of benzene rings is 1. The standard InChI is InChI=1S/C28H28N8O3/c1-16-5-4-10-35(16)15-25(38)30-20-12-22(17(2)29-13-20)31-28(39)27-23-9-8-19(14-36(23)34-33-27)21-7-3-6-18-11-24(37)32-26(18)21/h3,6-9,12-14,16H,4-5,10-11,15H2,1-2H3,(H,30,38)(H,31,39)(H,32,37)/t16-/m0/s1. The van der Waals surface area contributed by atoms with Gasteiger partial charge in [0.15, 0.2) is 5.69 Å². The number of rotatable bonds is 6. The molecule has 3 amide bonds. The van der Waals surface area contributed by atoms with Gasteiger partial charge in [0.05, 0.1) is 47.4 Å². The third-order valence-electron chi connectivity index (χ3n) is 7.36. The van der Waals surface area contributed by atoms with E-state index in [1.54, 1.807) is 36.0 Å². The molecule has 0 saturated carbocycles. The fraction of sp³-hybridized carbons (Fsp3) is 0.286. The zero-order valence-electron chi connectivity index (χ0n) is 21.7. The van der Waals surface area contributed by atoms with E-state index in [2.05, 4.69) is 43.1 Å². The molecule has 5 heterocycles. The molecule has 2 aliphatic rings. The highest BCUT2D eigenvalue weighted by molar-refractivity contribution is 6.08. The monoisotopic (exact) mass is 524 g/mol. The SMILES string of the molecule is Cc1ncc(NC(=O)CN2CCC[C@@H]2C)cc1NC(=O)c1nnn2cc(-c3cccc4c3NC(=O)C4)ccc12. The minimum atomic E-state index is -0.440. The third-order valence-corrected chi connectivity index (χ3v) is 7.36. The van der Waals surface area contributed by atoms with Crippen LogP contribution in [0.25, 0.3) is 16.6 Å². The molecule has 0 spiro atoms. The number of aryl methyl sites for hydroxylation is 1. The van der Waals surface area contributed by atoms with Gasteiger partial charge in [0, 0.05) is 23.4 Å². The topological polar surface area (TPSA) is 134 Å². The molecule has 1 aromatic carbocycles. The van der Waals surface area contributed by atoms with Crippen LogP contribution < -0.4 is 16.0 Å². The highest BCUT2D eigenvalue weighted by Gasteiger charge is 2.24. The zero-order valence-corrected chi connectivity index (χ0v) is 21.7. The largest absolute Gasteiger partial charge is 0.325 e. The highest BCUT2D eigenvalue weighted by Crippen LogP contribution is 2.35. The van der Waals surface area contributed by atoms with Crippen molar-refractivity contribution in [1.82, 2.24) is 24.7 Å². The van der Waals surface area contributed by atoms with Crippen molar-refractivity contribution >= 4 is 40.3 Å². The first-order valence-electron chi connectivity index (χ1n) is 12.9. The molecule has 4 aromatic rings. The Labute approximate surface area is 224 Å². The molecule has 1 atom stereocenters. The number of carbonyl (C=O) groups excluding carboxylic acids is 3. The normalized spacial score (nSPS) is 16.8. The number of hydrogen-bond acceptors (Lipinski definition) is 7. The van der Waals surface area contributed by atoms with Gasteiger partial charge in [-0.3, -0.25) is 24.3 Å². The van der Waals surface area contributed by atoms with Crippen LogP contribution in [0.4, 0.5) is 17.1 Å². The maximum absolute atomic E-state index is 13.2. The second kappa shape index (κ2) is 9.91. The van der Waals surface area contributed by atoms with Crippen molar-refractivity contribution in [3.05, 3.63) is 65.7 Å². The van der Waals surface area contributed by atoms with E-state index in [1.165, 1.54) is 0 Å². The Hall–Kier alpha value is -4.64. The summed E-state index contributed by atoms with van der Waals surface area (Å²) in [6.07, 6.45) is 5.91. The second-order valence-electron chi connectivity index (χ2n) is 10.1. The molecule has 11 heteroatoms. The fourth-order valence-corrected chi connectivity index (χ4v) is 5.23. The minimum Gasteiger partial charge on any atom is -0.325 e. The van der Waals surface area contributed by atoms with E-state index in [1.807, 2.05) is 24.3 Å². The van der Waals surface area contributed by atoms with Gasteiger partial charge in [0.1, 0.15) is 0 Å². The van der Waals surface area contributed by atoms with Crippen molar-refractivity contribution < 1.29 is 14.4 Å². The van der Waals surface area contributed by atoms with E-state index >= 15 is 0 Å². The Morgan fingerprint density at radius 3 is 2.87 bits per heavy atom. The van der Waals surface area contributed by atoms with Gasteiger partial charge in [0.2, 0.25) is 11.8 Å². The van der Waals surface area contributed by atoms with E-state index in [4.69, 9.17) is 0 Å². The molecule has 11 nitrogen and oxygen atoms in total. The van der Waals surface area contributed by atoms with E-state index in [9.17, 15) is 14.4 Å². The number of amides is 3. The van der Waals surface area contributed by atoms with Gasteiger partial charge in [0.25, 0.3) is 5.91 Å². The summed E-state index contributed by atoms with van der Waals surface area (Å²) in [5, 5.41) is 16.9. The zero-order chi connectivity index (χ0) is 27.1. The first-order valence-corrected chi connectivity index (χ1v) is 12.9. The van der Waals surface area contributed by atoms with E-state index in [0.29, 0.717) is 41.6 Å². The van der Waals surface area contributed by atoms with E-state index in [-0.39, 0.29) is 17.5 Å². The van der Waals surface area contributed by atoms with Crippen molar-refractivity contribution in [3.63, 3.8) is 0 Å². The van der Waals surface area contributed by atoms with Crippen molar-refractivity contribution in [2.45, 2.75) is 39.2 Å². The molecule has 39 heavy (non-hydrogen) atoms. The lowest BCUT2D eigenvalue weighted by Crippen LogP contribution is -2.35. The minimum absolute atomic E-state index is 0.0344. The van der Waals surface area contributed by atoms with Crippen LogP contribution in [-0.2, 0) is 16.0 Å². The molecule has 0 radical (unpaired) electrons. The molecule has 6 rings (SSSR count). The molecule has 1 saturated heterocycles. The Morgan fingerprint density at radius 1 is 1.18 bits per heavy atom. The molecule has 2 aliphatic heterocycles. The van der Waals surface area contributed by atoms with Crippen molar-refractivity contribution in [3.8, 4) is 11.1 Å². The Kier molecular flexibility index (Phi) is 6.27. The number of likely N-dealkylation sites (tertiary alicyclic amines) is 1. The number of para-hydroxylation sites is 1. The summed E-state index contributed by atoms with van der Waals surface area (Å²) in [7, 11) is 0. The van der Waals surface area contributed by atoms with Gasteiger partial charge >= 0.3 is 0 Å². The number of hydrogen-bond donors (Lipinski definition) is 3. The summed E-state index contributed by atoms with van der Waals surface area (Å²) in [6, 6.07) is 11.5. The molecule has 3 aromatic heterocycles. The average molecular weight is 525 g/mol. The summed E-state index contributed by atoms with van der Waals surface area (Å²) >= 11 is 0. The molecule has 1 fully saturated rings. The number of fused-ring (bicyclic) bond motifs is 2. The Balaban J connectivity index is 1.19. The summed E-state index contributed by atoms with van der Waals surface area (Å²) in [5.41, 5.74) is 5.73. The van der Waals surface area contributed by atoms with Crippen LogP contribution in [-0.4, -0.2) is 61.6 Å². The molecule has 3 N–H and O–H groups in total. The quantitative estimate of drug-likeness (QED) is 0.352. The lowest BCUT2D eigenvalue weighted by atomic mass is 10.0. The molecule has 198 valence electrons. The first-order chi connectivity index (χ1) is 18.9. The van der Waals surface area contributed by atoms with Gasteiger partial charge in [-0.2, -0.15) is 0 Å². The van der Waals surface area contributed by atoms with Crippen molar-refractivity contribution in [2.75, 3.05) is 29.0 Å². The van der Waals surface area contributed by atoms with E-state index < -0.39 is 5.91 Å². The van der Waals surface area contributed by atoms with Gasteiger partial charge in [-0.05, 0) is 50.9 Å². The Morgan fingerprint density at radius 2 is 2.05 bits per heavy atom. The fourth-order valence-electron chi connectivity index (χ4n) is 5.23. The molecule has 0 unspecified atom stereocenters. The predicted molar refractivity (Wildman–Crippen MR) is 147 cm³/mol. The Bertz CT molecular complexity index is 1630. The van der Waals surface area contributed by atoms with Crippen LogP contribution >= 0.6 is 0 Å². The van der Waals surface area contributed by atoms with Crippen LogP contribution in [0.5, 0.6) is 0 Å². The molecule has 0 aliphatic carbocycles. The van der Waals surface area contributed by atoms with Crippen LogP contribution in [0.3, 0.4) is 0 Å². The molecular weight excluding hydrogens is 496 g/mol.